The molecule has 2 rings (SSSR count). The normalized spacial score (nSPS) is 23.8. The number of hydrogen-bond acceptors (Lipinski definition) is 3. The number of halogens is 1. The van der Waals surface area contributed by atoms with Gasteiger partial charge < -0.3 is 16.3 Å². The van der Waals surface area contributed by atoms with Crippen LogP contribution < -0.4 is 11.1 Å². The highest BCUT2D eigenvalue weighted by molar-refractivity contribution is 5.97. The SMILES string of the molecule is CC1CCCC1NCc1cccc(/C(N)=N/O)c1F. The highest BCUT2D eigenvalue weighted by Gasteiger charge is 2.23. The first-order chi connectivity index (χ1) is 9.13. The van der Waals surface area contributed by atoms with Crippen molar-refractivity contribution in [3.63, 3.8) is 0 Å². The summed E-state index contributed by atoms with van der Waals surface area (Å²) in [5, 5.41) is 14.9. The highest BCUT2D eigenvalue weighted by Crippen LogP contribution is 2.25. The van der Waals surface area contributed by atoms with E-state index in [1.807, 2.05) is 0 Å². The van der Waals surface area contributed by atoms with Gasteiger partial charge in [0.25, 0.3) is 0 Å². The maximum atomic E-state index is 14.2. The molecule has 1 aromatic rings. The minimum absolute atomic E-state index is 0.140. The fourth-order valence-electron chi connectivity index (χ4n) is 2.66. The third kappa shape index (κ3) is 3.04. The molecule has 104 valence electrons. The second-order valence-corrected chi connectivity index (χ2v) is 5.16. The van der Waals surface area contributed by atoms with Crippen molar-refractivity contribution in [2.45, 2.75) is 38.8 Å². The van der Waals surface area contributed by atoms with Crippen molar-refractivity contribution in [3.8, 4) is 0 Å². The van der Waals surface area contributed by atoms with Crippen LogP contribution in [-0.4, -0.2) is 17.1 Å². The molecular weight excluding hydrogens is 245 g/mol. The van der Waals surface area contributed by atoms with Gasteiger partial charge in [-0.2, -0.15) is 0 Å². The first kappa shape index (κ1) is 13.8. The summed E-state index contributed by atoms with van der Waals surface area (Å²) in [4.78, 5) is 0. The van der Waals surface area contributed by atoms with Crippen LogP contribution in [0.25, 0.3) is 0 Å². The van der Waals surface area contributed by atoms with E-state index in [1.165, 1.54) is 18.9 Å². The summed E-state index contributed by atoms with van der Waals surface area (Å²) in [7, 11) is 0. The highest BCUT2D eigenvalue weighted by atomic mass is 19.1. The molecule has 2 atom stereocenters. The van der Waals surface area contributed by atoms with Crippen LogP contribution in [0, 0.1) is 11.7 Å². The Morgan fingerprint density at radius 2 is 2.32 bits per heavy atom. The van der Waals surface area contributed by atoms with E-state index < -0.39 is 5.82 Å². The number of nitrogens with one attached hydrogen (secondary N) is 1. The van der Waals surface area contributed by atoms with E-state index >= 15 is 0 Å². The summed E-state index contributed by atoms with van der Waals surface area (Å²) in [5.74, 6) is 0.0138. The van der Waals surface area contributed by atoms with Gasteiger partial charge >= 0.3 is 0 Å². The molecule has 5 heteroatoms. The maximum Gasteiger partial charge on any atom is 0.173 e. The summed E-state index contributed by atoms with van der Waals surface area (Å²) in [5.41, 5.74) is 6.13. The van der Waals surface area contributed by atoms with Crippen molar-refractivity contribution < 1.29 is 9.60 Å². The van der Waals surface area contributed by atoms with E-state index in [1.54, 1.807) is 12.1 Å². The summed E-state index contributed by atoms with van der Waals surface area (Å²) in [6.45, 7) is 2.68. The smallest absolute Gasteiger partial charge is 0.173 e. The Morgan fingerprint density at radius 1 is 1.53 bits per heavy atom. The minimum atomic E-state index is -0.420. The molecule has 0 saturated heterocycles. The first-order valence-electron chi connectivity index (χ1n) is 6.62. The van der Waals surface area contributed by atoms with Crippen molar-refractivity contribution in [1.82, 2.24) is 5.32 Å². The molecule has 19 heavy (non-hydrogen) atoms. The summed E-state index contributed by atoms with van der Waals surface area (Å²) < 4.78 is 14.2. The van der Waals surface area contributed by atoms with E-state index in [9.17, 15) is 4.39 Å². The average molecular weight is 265 g/mol. The molecule has 1 aliphatic rings. The number of hydrogen-bond donors (Lipinski definition) is 3. The number of nitrogens with zero attached hydrogens (tertiary/aromatic N) is 1. The molecule has 0 radical (unpaired) electrons. The van der Waals surface area contributed by atoms with Crippen LogP contribution in [0.5, 0.6) is 0 Å². The molecule has 1 saturated carbocycles. The quantitative estimate of drug-likeness (QED) is 0.338. The lowest BCUT2D eigenvalue weighted by Crippen LogP contribution is -2.31. The molecule has 0 amide bonds. The number of amidine groups is 1. The third-order valence-corrected chi connectivity index (χ3v) is 3.88. The lowest BCUT2D eigenvalue weighted by atomic mass is 10.0. The molecule has 0 spiro atoms. The molecule has 0 heterocycles. The summed E-state index contributed by atoms with van der Waals surface area (Å²) in [6.07, 6.45) is 3.60. The molecule has 2 unspecified atom stereocenters. The van der Waals surface area contributed by atoms with Gasteiger partial charge in [0.05, 0.1) is 5.56 Å². The molecular formula is C14H20FN3O. The zero-order chi connectivity index (χ0) is 13.8. The van der Waals surface area contributed by atoms with Crippen LogP contribution >= 0.6 is 0 Å². The molecule has 0 aliphatic heterocycles. The van der Waals surface area contributed by atoms with Crippen molar-refractivity contribution in [1.29, 1.82) is 0 Å². The van der Waals surface area contributed by atoms with Gasteiger partial charge in [0.2, 0.25) is 0 Å². The van der Waals surface area contributed by atoms with Crippen LogP contribution in [0.4, 0.5) is 4.39 Å². The van der Waals surface area contributed by atoms with E-state index in [0.29, 0.717) is 24.1 Å². The van der Waals surface area contributed by atoms with Crippen LogP contribution in [0.1, 0.15) is 37.3 Å². The van der Waals surface area contributed by atoms with E-state index in [0.717, 1.165) is 6.42 Å². The van der Waals surface area contributed by atoms with Gasteiger partial charge in [-0.1, -0.05) is 30.6 Å². The molecule has 1 aliphatic carbocycles. The Kier molecular flexibility index (Phi) is 4.37. The topological polar surface area (TPSA) is 70.6 Å². The van der Waals surface area contributed by atoms with Crippen LogP contribution in [0.15, 0.2) is 23.4 Å². The molecule has 1 fully saturated rings. The van der Waals surface area contributed by atoms with Gasteiger partial charge in [-0.05, 0) is 24.8 Å². The average Bonchev–Trinajstić information content (AvgIpc) is 2.82. The van der Waals surface area contributed by atoms with Crippen LogP contribution in [-0.2, 0) is 6.54 Å². The van der Waals surface area contributed by atoms with E-state index in [-0.39, 0.29) is 11.4 Å². The fourth-order valence-corrected chi connectivity index (χ4v) is 2.66. The second-order valence-electron chi connectivity index (χ2n) is 5.16. The molecule has 4 N–H and O–H groups in total. The monoisotopic (exact) mass is 265 g/mol. The van der Waals surface area contributed by atoms with Gasteiger partial charge in [-0.15, -0.1) is 0 Å². The van der Waals surface area contributed by atoms with Crippen molar-refractivity contribution in [2.75, 3.05) is 0 Å². The predicted molar refractivity (Wildman–Crippen MR) is 72.6 cm³/mol. The van der Waals surface area contributed by atoms with Crippen molar-refractivity contribution in [2.24, 2.45) is 16.8 Å². The van der Waals surface area contributed by atoms with E-state index in [2.05, 4.69) is 17.4 Å². The minimum Gasteiger partial charge on any atom is -0.409 e. The number of rotatable bonds is 4. The maximum absolute atomic E-state index is 14.2. The van der Waals surface area contributed by atoms with Crippen molar-refractivity contribution >= 4 is 5.84 Å². The molecule has 1 aromatic carbocycles. The van der Waals surface area contributed by atoms with Gasteiger partial charge in [0, 0.05) is 18.2 Å². The van der Waals surface area contributed by atoms with Crippen LogP contribution in [0.2, 0.25) is 0 Å². The Labute approximate surface area is 112 Å². The standard InChI is InChI=1S/C14H20FN3O/c1-9-4-2-7-12(9)17-8-10-5-3-6-11(13(10)15)14(16)18-19/h3,5-6,9,12,17,19H,2,4,7-8H2,1H3,(H2,16,18). The molecule has 0 bridgehead atoms. The predicted octanol–water partition coefficient (Wildman–Crippen LogP) is 2.20. The Balaban J connectivity index is 2.08. The summed E-state index contributed by atoms with van der Waals surface area (Å²) in [6, 6.07) is 5.39. The number of oxime groups is 1. The van der Waals surface area contributed by atoms with Gasteiger partial charge in [0.15, 0.2) is 5.84 Å². The number of benzene rings is 1. The Hall–Kier alpha value is -1.62. The lowest BCUT2D eigenvalue weighted by molar-refractivity contribution is 0.318. The van der Waals surface area contributed by atoms with Gasteiger partial charge in [0.1, 0.15) is 5.82 Å². The van der Waals surface area contributed by atoms with Crippen LogP contribution in [0.3, 0.4) is 0 Å². The zero-order valence-corrected chi connectivity index (χ0v) is 11.1. The van der Waals surface area contributed by atoms with Gasteiger partial charge in [-0.3, -0.25) is 0 Å². The third-order valence-electron chi connectivity index (χ3n) is 3.88. The Morgan fingerprint density at radius 3 is 2.95 bits per heavy atom. The van der Waals surface area contributed by atoms with Crippen molar-refractivity contribution in [3.05, 3.63) is 35.1 Å². The fraction of sp³-hybridized carbons (Fsp3) is 0.500. The Bertz CT molecular complexity index is 476. The molecule has 4 nitrogen and oxygen atoms in total. The summed E-state index contributed by atoms with van der Waals surface area (Å²) >= 11 is 0. The molecule has 0 aromatic heterocycles. The lowest BCUT2D eigenvalue weighted by Gasteiger charge is -2.18. The number of nitrogens with two attached hydrogens (primary N) is 1. The van der Waals surface area contributed by atoms with Gasteiger partial charge in [-0.25, -0.2) is 4.39 Å². The first-order valence-corrected chi connectivity index (χ1v) is 6.62. The zero-order valence-electron chi connectivity index (χ0n) is 11.1. The van der Waals surface area contributed by atoms with E-state index in [4.69, 9.17) is 10.9 Å². The largest absolute Gasteiger partial charge is 0.409 e. The second kappa shape index (κ2) is 6.02.